The minimum atomic E-state index is -0.302. The Morgan fingerprint density at radius 1 is 1.04 bits per heavy atom. The van der Waals surface area contributed by atoms with Crippen LogP contribution in [0.25, 0.3) is 0 Å². The summed E-state index contributed by atoms with van der Waals surface area (Å²) >= 11 is 0. The summed E-state index contributed by atoms with van der Waals surface area (Å²) in [5.74, 6) is 0.108. The zero-order valence-corrected chi connectivity index (χ0v) is 13.5. The Kier molecular flexibility index (Phi) is 5.36. The molecule has 0 aromatic heterocycles. The van der Waals surface area contributed by atoms with E-state index in [-0.39, 0.29) is 18.4 Å². The number of benzene rings is 2. The van der Waals surface area contributed by atoms with Gasteiger partial charge in [0.05, 0.1) is 13.7 Å². The molecule has 0 saturated heterocycles. The summed E-state index contributed by atoms with van der Waals surface area (Å²) in [6.07, 6.45) is 0. The van der Waals surface area contributed by atoms with Crippen molar-refractivity contribution < 1.29 is 14.3 Å². The number of carbonyl (C=O) groups excluding carboxylic acids is 2. The number of methoxy groups -OCH3 is 1. The van der Waals surface area contributed by atoms with Gasteiger partial charge in [0.1, 0.15) is 5.75 Å². The Balaban J connectivity index is 1.89. The van der Waals surface area contributed by atoms with E-state index in [1.165, 1.54) is 0 Å². The first-order valence-corrected chi connectivity index (χ1v) is 7.29. The number of anilines is 1. The zero-order chi connectivity index (χ0) is 16.8. The molecule has 0 aliphatic rings. The minimum Gasteiger partial charge on any atom is -0.497 e. The lowest BCUT2D eigenvalue weighted by Crippen LogP contribution is -2.32. The minimum absolute atomic E-state index is 0.0851. The van der Waals surface area contributed by atoms with Gasteiger partial charge in [-0.05, 0) is 49.7 Å². The van der Waals surface area contributed by atoms with Crippen molar-refractivity contribution in [1.82, 2.24) is 5.32 Å². The summed E-state index contributed by atoms with van der Waals surface area (Å²) in [7, 11) is 1.56. The van der Waals surface area contributed by atoms with Crippen LogP contribution in [0.2, 0.25) is 0 Å². The van der Waals surface area contributed by atoms with Gasteiger partial charge >= 0.3 is 0 Å². The fraction of sp³-hybridized carbons (Fsp3) is 0.222. The summed E-state index contributed by atoms with van der Waals surface area (Å²) in [5, 5.41) is 5.38. The molecule has 0 saturated carbocycles. The second-order valence-electron chi connectivity index (χ2n) is 5.28. The van der Waals surface area contributed by atoms with Crippen molar-refractivity contribution >= 4 is 17.5 Å². The summed E-state index contributed by atoms with van der Waals surface area (Å²) in [4.78, 5) is 23.9. The van der Waals surface area contributed by atoms with E-state index in [1.54, 1.807) is 31.4 Å². The van der Waals surface area contributed by atoms with E-state index in [2.05, 4.69) is 10.6 Å². The Morgan fingerprint density at radius 2 is 1.74 bits per heavy atom. The van der Waals surface area contributed by atoms with Crippen LogP contribution < -0.4 is 15.4 Å². The Bertz CT molecular complexity index is 709. The van der Waals surface area contributed by atoms with E-state index < -0.39 is 0 Å². The molecule has 2 aromatic rings. The number of rotatable bonds is 5. The van der Waals surface area contributed by atoms with Gasteiger partial charge in [-0.25, -0.2) is 0 Å². The van der Waals surface area contributed by atoms with E-state index in [4.69, 9.17) is 4.74 Å². The van der Waals surface area contributed by atoms with Gasteiger partial charge in [-0.3, -0.25) is 9.59 Å². The standard InChI is InChI=1S/C18H20N2O3/c1-12-4-9-16(13(2)10-12)20-17(21)11-19-18(22)14-5-7-15(23-3)8-6-14/h4-10H,11H2,1-3H3,(H,19,22)(H,20,21). The molecule has 0 heterocycles. The molecule has 0 fully saturated rings. The summed E-state index contributed by atoms with van der Waals surface area (Å²) in [5.41, 5.74) is 3.34. The van der Waals surface area contributed by atoms with Crippen molar-refractivity contribution in [2.75, 3.05) is 19.0 Å². The first-order valence-electron chi connectivity index (χ1n) is 7.29. The number of amides is 2. The third-order valence-electron chi connectivity index (χ3n) is 3.42. The number of nitrogens with one attached hydrogen (secondary N) is 2. The topological polar surface area (TPSA) is 67.4 Å². The maximum absolute atomic E-state index is 12.0. The number of aryl methyl sites for hydroxylation is 2. The van der Waals surface area contributed by atoms with E-state index in [1.807, 2.05) is 32.0 Å². The Morgan fingerprint density at radius 3 is 2.35 bits per heavy atom. The third-order valence-corrected chi connectivity index (χ3v) is 3.42. The first kappa shape index (κ1) is 16.5. The average Bonchev–Trinajstić information content (AvgIpc) is 2.55. The van der Waals surface area contributed by atoms with Crippen molar-refractivity contribution in [3.05, 3.63) is 59.2 Å². The maximum Gasteiger partial charge on any atom is 0.251 e. The van der Waals surface area contributed by atoms with Crippen LogP contribution >= 0.6 is 0 Å². The molecule has 0 radical (unpaired) electrons. The molecule has 2 aromatic carbocycles. The molecular formula is C18H20N2O3. The van der Waals surface area contributed by atoms with E-state index in [0.29, 0.717) is 11.3 Å². The van der Waals surface area contributed by atoms with Gasteiger partial charge in [-0.1, -0.05) is 17.7 Å². The zero-order valence-electron chi connectivity index (χ0n) is 13.5. The van der Waals surface area contributed by atoms with Crippen LogP contribution in [0.15, 0.2) is 42.5 Å². The highest BCUT2D eigenvalue weighted by molar-refractivity contribution is 5.99. The predicted molar refractivity (Wildman–Crippen MR) is 89.9 cm³/mol. The largest absolute Gasteiger partial charge is 0.497 e. The highest BCUT2D eigenvalue weighted by atomic mass is 16.5. The molecule has 0 unspecified atom stereocenters. The van der Waals surface area contributed by atoms with Crippen LogP contribution in [0.4, 0.5) is 5.69 Å². The Hall–Kier alpha value is -2.82. The van der Waals surface area contributed by atoms with Gasteiger partial charge in [0, 0.05) is 11.3 Å². The molecule has 0 aliphatic carbocycles. The highest BCUT2D eigenvalue weighted by Crippen LogP contribution is 2.15. The summed E-state index contributed by atoms with van der Waals surface area (Å²) in [6.45, 7) is 3.84. The Labute approximate surface area is 135 Å². The number of ether oxygens (including phenoxy) is 1. The van der Waals surface area contributed by atoms with Gasteiger partial charge in [0.25, 0.3) is 5.91 Å². The number of hydrogen-bond acceptors (Lipinski definition) is 3. The van der Waals surface area contributed by atoms with Crippen molar-refractivity contribution in [2.45, 2.75) is 13.8 Å². The van der Waals surface area contributed by atoms with Gasteiger partial charge < -0.3 is 15.4 Å². The molecule has 0 bridgehead atoms. The monoisotopic (exact) mass is 312 g/mol. The number of carbonyl (C=O) groups is 2. The van der Waals surface area contributed by atoms with Crippen molar-refractivity contribution in [2.24, 2.45) is 0 Å². The van der Waals surface area contributed by atoms with Crippen LogP contribution in [-0.2, 0) is 4.79 Å². The molecule has 0 aliphatic heterocycles. The average molecular weight is 312 g/mol. The summed E-state index contributed by atoms with van der Waals surface area (Å²) < 4.78 is 5.04. The molecule has 0 spiro atoms. The molecule has 23 heavy (non-hydrogen) atoms. The van der Waals surface area contributed by atoms with Crippen molar-refractivity contribution in [3.8, 4) is 5.75 Å². The maximum atomic E-state index is 12.0. The smallest absolute Gasteiger partial charge is 0.251 e. The molecule has 0 atom stereocenters. The van der Waals surface area contributed by atoms with Crippen LogP contribution in [0, 0.1) is 13.8 Å². The fourth-order valence-electron chi connectivity index (χ4n) is 2.15. The predicted octanol–water partition coefficient (Wildman–Crippen LogP) is 2.68. The van der Waals surface area contributed by atoms with Gasteiger partial charge in [0.2, 0.25) is 5.91 Å². The lowest BCUT2D eigenvalue weighted by atomic mass is 10.1. The molecule has 120 valence electrons. The van der Waals surface area contributed by atoms with E-state index >= 15 is 0 Å². The van der Waals surface area contributed by atoms with Gasteiger partial charge in [0.15, 0.2) is 0 Å². The normalized spacial score (nSPS) is 10.0. The fourth-order valence-corrected chi connectivity index (χ4v) is 2.15. The number of hydrogen-bond donors (Lipinski definition) is 2. The lowest BCUT2D eigenvalue weighted by Gasteiger charge is -2.10. The van der Waals surface area contributed by atoms with Crippen molar-refractivity contribution in [3.63, 3.8) is 0 Å². The van der Waals surface area contributed by atoms with Crippen LogP contribution in [0.1, 0.15) is 21.5 Å². The molecule has 2 rings (SSSR count). The molecule has 2 N–H and O–H groups in total. The molecule has 5 heteroatoms. The van der Waals surface area contributed by atoms with Crippen LogP contribution in [0.3, 0.4) is 0 Å². The second-order valence-corrected chi connectivity index (χ2v) is 5.28. The van der Waals surface area contributed by atoms with Crippen molar-refractivity contribution in [1.29, 1.82) is 0 Å². The molecule has 5 nitrogen and oxygen atoms in total. The second kappa shape index (κ2) is 7.45. The highest BCUT2D eigenvalue weighted by Gasteiger charge is 2.09. The van der Waals surface area contributed by atoms with Gasteiger partial charge in [-0.2, -0.15) is 0 Å². The van der Waals surface area contributed by atoms with Crippen LogP contribution in [0.5, 0.6) is 5.75 Å². The quantitative estimate of drug-likeness (QED) is 0.892. The molecule has 2 amide bonds. The SMILES string of the molecule is COc1ccc(C(=O)NCC(=O)Nc2ccc(C)cc2C)cc1. The first-order chi connectivity index (χ1) is 11.0. The lowest BCUT2D eigenvalue weighted by molar-refractivity contribution is -0.115. The molecular weight excluding hydrogens is 292 g/mol. The summed E-state index contributed by atoms with van der Waals surface area (Å²) in [6, 6.07) is 12.5. The van der Waals surface area contributed by atoms with E-state index in [0.717, 1.165) is 16.8 Å². The third kappa shape index (κ3) is 4.57. The van der Waals surface area contributed by atoms with Crippen LogP contribution in [-0.4, -0.2) is 25.5 Å². The van der Waals surface area contributed by atoms with Gasteiger partial charge in [-0.15, -0.1) is 0 Å². The van der Waals surface area contributed by atoms with E-state index in [9.17, 15) is 9.59 Å².